The van der Waals surface area contributed by atoms with Crippen molar-refractivity contribution in [2.24, 2.45) is 0 Å². The molecule has 0 unspecified atom stereocenters. The zero-order chi connectivity index (χ0) is 15.8. The summed E-state index contributed by atoms with van der Waals surface area (Å²) in [6, 6.07) is 17.4. The van der Waals surface area contributed by atoms with Gasteiger partial charge < -0.3 is 34.0 Å². The van der Waals surface area contributed by atoms with Gasteiger partial charge in [-0.25, -0.2) is 0 Å². The number of benzene rings is 2. The van der Waals surface area contributed by atoms with E-state index in [-0.39, 0.29) is 34.0 Å². The van der Waals surface area contributed by atoms with Crippen LogP contribution in [0, 0.1) is 13.8 Å². The first kappa shape index (κ1) is 20.5. The number of rotatable bonds is 4. The molecule has 0 aliphatic rings. The molecule has 4 aromatic rings. The minimum absolute atomic E-state index is 0. The molecule has 2 heterocycles. The molecule has 25 heavy (non-hydrogen) atoms. The van der Waals surface area contributed by atoms with Gasteiger partial charge in [0.05, 0.1) is 6.42 Å². The molecule has 2 nitrogen and oxygen atoms in total. The molecule has 0 fully saturated rings. The molecular formula is C19H20Br2N2S2. The van der Waals surface area contributed by atoms with Crippen LogP contribution in [0.2, 0.25) is 0 Å². The monoisotopic (exact) mass is 498 g/mol. The van der Waals surface area contributed by atoms with Crippen molar-refractivity contribution >= 4 is 43.1 Å². The fourth-order valence-corrected chi connectivity index (χ4v) is 5.34. The van der Waals surface area contributed by atoms with Crippen molar-refractivity contribution in [3.8, 4) is 0 Å². The number of hydrogen-bond acceptors (Lipinski definition) is 2. The Morgan fingerprint density at radius 3 is 1.52 bits per heavy atom. The minimum atomic E-state index is 0. The number of aryl methyl sites for hydroxylation is 4. The maximum absolute atomic E-state index is 2.46. The standard InChI is InChI=1S/C19H20N2S2.2BrH/c1-14-20(16-8-3-5-10-18(16)22-14)12-7-13-21-15(2)23-19-11-6-4-9-17(19)21;;/h3-6,8-11H,7,12-13H2,1-2H3;2*1H/q+2;;/p-2. The maximum atomic E-state index is 2.46. The van der Waals surface area contributed by atoms with E-state index in [4.69, 9.17) is 0 Å². The Hall–Kier alpha value is -0.820. The third kappa shape index (κ3) is 3.97. The largest absolute Gasteiger partial charge is 1.00 e. The Balaban J connectivity index is 0.00000113. The minimum Gasteiger partial charge on any atom is -1.00 e. The van der Waals surface area contributed by atoms with Crippen molar-refractivity contribution in [3.63, 3.8) is 0 Å². The van der Waals surface area contributed by atoms with Crippen LogP contribution in [0.3, 0.4) is 0 Å². The molecule has 2 aromatic heterocycles. The predicted octanol–water partition coefficient (Wildman–Crippen LogP) is -1.59. The van der Waals surface area contributed by atoms with Crippen LogP contribution < -0.4 is 43.1 Å². The molecule has 0 aliphatic heterocycles. The Kier molecular flexibility index (Phi) is 7.14. The third-order valence-corrected chi connectivity index (χ3v) is 6.51. The summed E-state index contributed by atoms with van der Waals surface area (Å²) in [6.07, 6.45) is 1.15. The van der Waals surface area contributed by atoms with Crippen molar-refractivity contribution in [1.29, 1.82) is 0 Å². The van der Waals surface area contributed by atoms with Crippen LogP contribution in [0.25, 0.3) is 20.4 Å². The number of halogens is 2. The first-order valence-electron chi connectivity index (χ1n) is 8.00. The van der Waals surface area contributed by atoms with Gasteiger partial charge >= 0.3 is 0 Å². The van der Waals surface area contributed by atoms with Gasteiger partial charge in [0.1, 0.15) is 9.40 Å². The van der Waals surface area contributed by atoms with Crippen LogP contribution in [0.1, 0.15) is 16.4 Å². The van der Waals surface area contributed by atoms with E-state index in [0.29, 0.717) is 0 Å². The molecule has 0 saturated heterocycles. The summed E-state index contributed by atoms with van der Waals surface area (Å²) in [5.41, 5.74) is 2.73. The van der Waals surface area contributed by atoms with Gasteiger partial charge in [-0.1, -0.05) is 46.9 Å². The predicted molar refractivity (Wildman–Crippen MR) is 98.1 cm³/mol. The summed E-state index contributed by atoms with van der Waals surface area (Å²) in [7, 11) is 0. The molecule has 4 rings (SSSR count). The van der Waals surface area contributed by atoms with Gasteiger partial charge in [-0.05, 0) is 12.1 Å². The van der Waals surface area contributed by atoms with E-state index in [1.165, 1.54) is 30.4 Å². The van der Waals surface area contributed by atoms with Crippen LogP contribution >= 0.6 is 22.7 Å². The second kappa shape index (κ2) is 8.71. The molecule has 0 radical (unpaired) electrons. The SMILES string of the molecule is Cc1sc2ccccc2[n+]1CCC[n+]1c(C)sc2ccccc21.[Br-].[Br-]. The van der Waals surface area contributed by atoms with Crippen LogP contribution in [0.15, 0.2) is 48.5 Å². The van der Waals surface area contributed by atoms with Gasteiger partial charge in [0.15, 0.2) is 13.1 Å². The average Bonchev–Trinajstić information content (AvgIpc) is 3.04. The molecule has 0 N–H and O–H groups in total. The number of thiazole rings is 2. The molecule has 132 valence electrons. The summed E-state index contributed by atoms with van der Waals surface area (Å²) in [4.78, 5) is 0. The van der Waals surface area contributed by atoms with Gasteiger partial charge in [0.25, 0.3) is 0 Å². The number of fused-ring (bicyclic) bond motifs is 2. The van der Waals surface area contributed by atoms with Crippen LogP contribution in [-0.4, -0.2) is 0 Å². The topological polar surface area (TPSA) is 7.76 Å². The molecule has 0 amide bonds. The number of para-hydroxylation sites is 2. The molecule has 2 aromatic carbocycles. The molecule has 0 bridgehead atoms. The van der Waals surface area contributed by atoms with E-state index in [1.54, 1.807) is 0 Å². The third-order valence-electron chi connectivity index (χ3n) is 4.35. The van der Waals surface area contributed by atoms with E-state index < -0.39 is 0 Å². The van der Waals surface area contributed by atoms with Crippen molar-refractivity contribution in [2.45, 2.75) is 33.4 Å². The molecule has 0 saturated carbocycles. The van der Waals surface area contributed by atoms with E-state index in [2.05, 4.69) is 71.5 Å². The number of hydrogen-bond donors (Lipinski definition) is 0. The van der Waals surface area contributed by atoms with Crippen LogP contribution in [0.5, 0.6) is 0 Å². The Labute approximate surface area is 177 Å². The molecule has 0 spiro atoms. The Morgan fingerprint density at radius 1 is 0.680 bits per heavy atom. The Morgan fingerprint density at radius 2 is 1.08 bits per heavy atom. The van der Waals surface area contributed by atoms with Crippen LogP contribution in [0.4, 0.5) is 0 Å². The van der Waals surface area contributed by atoms with Gasteiger partial charge in [-0.15, -0.1) is 0 Å². The van der Waals surface area contributed by atoms with E-state index in [1.807, 2.05) is 22.7 Å². The highest BCUT2D eigenvalue weighted by atomic mass is 79.9. The van der Waals surface area contributed by atoms with Crippen molar-refractivity contribution in [2.75, 3.05) is 0 Å². The second-order valence-corrected chi connectivity index (χ2v) is 8.30. The van der Waals surface area contributed by atoms with E-state index in [0.717, 1.165) is 19.5 Å². The highest BCUT2D eigenvalue weighted by molar-refractivity contribution is 7.18. The summed E-state index contributed by atoms with van der Waals surface area (Å²) in [5.74, 6) is 0. The van der Waals surface area contributed by atoms with E-state index in [9.17, 15) is 0 Å². The second-order valence-electron chi connectivity index (χ2n) is 5.83. The smallest absolute Gasteiger partial charge is 0.235 e. The van der Waals surface area contributed by atoms with Crippen molar-refractivity contribution < 1.29 is 43.1 Å². The number of nitrogens with zero attached hydrogens (tertiary/aromatic N) is 2. The van der Waals surface area contributed by atoms with E-state index >= 15 is 0 Å². The lowest BCUT2D eigenvalue weighted by atomic mass is 10.3. The fourth-order valence-electron chi connectivity index (χ4n) is 3.24. The first-order chi connectivity index (χ1) is 11.2. The van der Waals surface area contributed by atoms with Gasteiger partial charge in [0.2, 0.25) is 21.0 Å². The van der Waals surface area contributed by atoms with Gasteiger partial charge in [-0.3, -0.25) is 0 Å². The summed E-state index contributed by atoms with van der Waals surface area (Å²) in [6.45, 7) is 6.60. The molecule has 0 aliphatic carbocycles. The molecule has 0 atom stereocenters. The summed E-state index contributed by atoms with van der Waals surface area (Å²) >= 11 is 3.78. The normalized spacial score (nSPS) is 10.6. The van der Waals surface area contributed by atoms with Gasteiger partial charge in [0, 0.05) is 26.0 Å². The van der Waals surface area contributed by atoms with Gasteiger partial charge in [-0.2, -0.15) is 9.13 Å². The highest BCUT2D eigenvalue weighted by Gasteiger charge is 2.19. The average molecular weight is 500 g/mol. The highest BCUT2D eigenvalue weighted by Crippen LogP contribution is 2.20. The van der Waals surface area contributed by atoms with Crippen molar-refractivity contribution in [1.82, 2.24) is 0 Å². The first-order valence-corrected chi connectivity index (χ1v) is 9.63. The summed E-state index contributed by atoms with van der Waals surface area (Å²) in [5, 5.41) is 2.78. The summed E-state index contributed by atoms with van der Waals surface area (Å²) < 4.78 is 7.69. The lowest BCUT2D eigenvalue weighted by Crippen LogP contribution is -3.00. The lowest BCUT2D eigenvalue weighted by molar-refractivity contribution is -0.703. The maximum Gasteiger partial charge on any atom is 0.235 e. The zero-order valence-electron chi connectivity index (χ0n) is 14.2. The molecular weight excluding hydrogens is 480 g/mol. The lowest BCUT2D eigenvalue weighted by Gasteiger charge is -1.97. The Bertz CT molecular complexity index is 912. The number of aromatic nitrogens is 2. The fraction of sp³-hybridized carbons (Fsp3) is 0.263. The zero-order valence-corrected chi connectivity index (χ0v) is 19.0. The quantitative estimate of drug-likeness (QED) is 0.299. The van der Waals surface area contributed by atoms with Crippen molar-refractivity contribution in [3.05, 3.63) is 58.5 Å². The van der Waals surface area contributed by atoms with Crippen LogP contribution in [-0.2, 0) is 13.1 Å². The molecule has 6 heteroatoms.